The Morgan fingerprint density at radius 3 is 2.60 bits per heavy atom. The zero-order valence-corrected chi connectivity index (χ0v) is 11.4. The smallest absolute Gasteiger partial charge is 0.256 e. The first kappa shape index (κ1) is 14.7. The third-order valence-electron chi connectivity index (χ3n) is 3.45. The molecule has 4 nitrogen and oxygen atoms in total. The van der Waals surface area contributed by atoms with E-state index < -0.39 is 17.5 Å². The fourth-order valence-corrected chi connectivity index (χ4v) is 2.36. The summed E-state index contributed by atoms with van der Waals surface area (Å²) in [7, 11) is 0. The number of hydrogen-bond acceptors (Lipinski definition) is 3. The van der Waals surface area contributed by atoms with Crippen molar-refractivity contribution in [1.82, 2.24) is 4.90 Å². The number of benzene rings is 1. The molecule has 110 valence electrons. The summed E-state index contributed by atoms with van der Waals surface area (Å²) in [6, 6.07) is 1.71. The zero-order valence-electron chi connectivity index (χ0n) is 11.4. The van der Waals surface area contributed by atoms with E-state index in [1.54, 1.807) is 4.90 Å². The molecule has 1 saturated heterocycles. The van der Waals surface area contributed by atoms with Crippen LogP contribution in [0.3, 0.4) is 0 Å². The predicted molar refractivity (Wildman–Crippen MR) is 71.3 cm³/mol. The Morgan fingerprint density at radius 1 is 1.35 bits per heavy atom. The third kappa shape index (κ3) is 3.07. The molecule has 0 unspecified atom stereocenters. The van der Waals surface area contributed by atoms with Crippen LogP contribution in [0.2, 0.25) is 0 Å². The third-order valence-corrected chi connectivity index (χ3v) is 3.45. The lowest BCUT2D eigenvalue weighted by atomic mass is 10.1. The molecule has 0 saturated carbocycles. The van der Waals surface area contributed by atoms with Gasteiger partial charge in [-0.2, -0.15) is 0 Å². The van der Waals surface area contributed by atoms with Crippen molar-refractivity contribution in [3.63, 3.8) is 0 Å². The summed E-state index contributed by atoms with van der Waals surface area (Å²) < 4.78 is 32.3. The summed E-state index contributed by atoms with van der Waals surface area (Å²) >= 11 is 0. The van der Waals surface area contributed by atoms with Crippen LogP contribution in [0.4, 0.5) is 14.5 Å². The molecule has 2 N–H and O–H groups in total. The van der Waals surface area contributed by atoms with Gasteiger partial charge in [-0.05, 0) is 25.8 Å². The van der Waals surface area contributed by atoms with E-state index >= 15 is 0 Å². The van der Waals surface area contributed by atoms with Gasteiger partial charge in [0, 0.05) is 25.8 Å². The van der Waals surface area contributed by atoms with E-state index in [9.17, 15) is 13.6 Å². The average Bonchev–Trinajstić information content (AvgIpc) is 2.43. The number of nitrogens with two attached hydrogens (primary N) is 1. The molecule has 0 aromatic heterocycles. The van der Waals surface area contributed by atoms with Crippen LogP contribution in [-0.4, -0.2) is 36.6 Å². The van der Waals surface area contributed by atoms with Crippen molar-refractivity contribution in [3.05, 3.63) is 29.3 Å². The number of ether oxygens (including phenoxy) is 1. The number of carbonyl (C=O) groups is 1. The maximum atomic E-state index is 13.7. The molecule has 0 bridgehead atoms. The van der Waals surface area contributed by atoms with Crippen LogP contribution < -0.4 is 5.73 Å². The largest absolute Gasteiger partial charge is 0.396 e. The van der Waals surface area contributed by atoms with Crippen LogP contribution in [-0.2, 0) is 4.74 Å². The van der Waals surface area contributed by atoms with Crippen molar-refractivity contribution in [2.24, 2.45) is 0 Å². The fourth-order valence-electron chi connectivity index (χ4n) is 2.36. The molecule has 1 aliphatic heterocycles. The summed E-state index contributed by atoms with van der Waals surface area (Å²) in [5.41, 5.74) is 4.98. The average molecular weight is 284 g/mol. The second kappa shape index (κ2) is 6.17. The van der Waals surface area contributed by atoms with E-state index in [1.165, 1.54) is 0 Å². The van der Waals surface area contributed by atoms with Gasteiger partial charge in [0.2, 0.25) is 0 Å². The molecule has 20 heavy (non-hydrogen) atoms. The van der Waals surface area contributed by atoms with Crippen molar-refractivity contribution in [3.8, 4) is 0 Å². The van der Waals surface area contributed by atoms with Gasteiger partial charge >= 0.3 is 0 Å². The molecule has 1 aromatic rings. The van der Waals surface area contributed by atoms with Crippen molar-refractivity contribution in [2.75, 3.05) is 25.4 Å². The van der Waals surface area contributed by atoms with Crippen molar-refractivity contribution >= 4 is 11.6 Å². The highest BCUT2D eigenvalue weighted by Gasteiger charge is 2.26. The van der Waals surface area contributed by atoms with E-state index in [0.29, 0.717) is 25.8 Å². The molecule has 0 spiro atoms. The molecular formula is C14H18F2N2O2. The number of nitrogen functional groups attached to an aromatic ring is 1. The number of rotatable bonds is 3. The summed E-state index contributed by atoms with van der Waals surface area (Å²) in [5.74, 6) is -2.19. The number of nitrogens with zero attached hydrogens (tertiary/aromatic N) is 1. The second-order valence-corrected chi connectivity index (χ2v) is 4.80. The van der Waals surface area contributed by atoms with Crippen LogP contribution in [0.15, 0.2) is 12.1 Å². The molecule has 1 aromatic carbocycles. The van der Waals surface area contributed by atoms with Gasteiger partial charge in [-0.15, -0.1) is 0 Å². The van der Waals surface area contributed by atoms with Crippen molar-refractivity contribution in [1.29, 1.82) is 0 Å². The number of halogens is 2. The number of anilines is 1. The Balaban J connectivity index is 2.07. The van der Waals surface area contributed by atoms with Crippen LogP contribution >= 0.6 is 0 Å². The number of carbonyl (C=O) groups excluding carboxylic acids is 1. The number of hydrogen-bond donors (Lipinski definition) is 1. The number of piperidine rings is 1. The summed E-state index contributed by atoms with van der Waals surface area (Å²) in [4.78, 5) is 13.8. The van der Waals surface area contributed by atoms with Gasteiger partial charge in [0.15, 0.2) is 0 Å². The maximum Gasteiger partial charge on any atom is 0.256 e. The van der Waals surface area contributed by atoms with E-state index in [-0.39, 0.29) is 17.4 Å². The highest BCUT2D eigenvalue weighted by atomic mass is 19.1. The standard InChI is InChI=1S/C14H18F2N2O2/c1-2-20-9-3-5-18(6-4-9)14(19)10-7-13(17)12(16)8-11(10)15/h7-9H,2-6,17H2,1H3. The summed E-state index contributed by atoms with van der Waals surface area (Å²) in [6.45, 7) is 3.57. The topological polar surface area (TPSA) is 55.6 Å². The SMILES string of the molecule is CCOC1CCN(C(=O)c2cc(N)c(F)cc2F)CC1. The molecular weight excluding hydrogens is 266 g/mol. The van der Waals surface area contributed by atoms with Crippen LogP contribution in [0.25, 0.3) is 0 Å². The van der Waals surface area contributed by atoms with Crippen molar-refractivity contribution < 1.29 is 18.3 Å². The van der Waals surface area contributed by atoms with E-state index in [1.807, 2.05) is 6.92 Å². The van der Waals surface area contributed by atoms with E-state index in [0.717, 1.165) is 18.9 Å². The Labute approximate surface area is 116 Å². The molecule has 1 aliphatic rings. The minimum Gasteiger partial charge on any atom is -0.396 e. The molecule has 1 amide bonds. The fraction of sp³-hybridized carbons (Fsp3) is 0.500. The first-order valence-corrected chi connectivity index (χ1v) is 6.68. The van der Waals surface area contributed by atoms with Gasteiger partial charge in [-0.3, -0.25) is 4.79 Å². The lowest BCUT2D eigenvalue weighted by Gasteiger charge is -2.32. The van der Waals surface area contributed by atoms with E-state index in [2.05, 4.69) is 0 Å². The van der Waals surface area contributed by atoms with Gasteiger partial charge in [0.05, 0.1) is 17.4 Å². The number of likely N-dealkylation sites (tertiary alicyclic amines) is 1. The highest BCUT2D eigenvalue weighted by molar-refractivity contribution is 5.95. The van der Waals surface area contributed by atoms with E-state index in [4.69, 9.17) is 10.5 Å². The Morgan fingerprint density at radius 2 is 2.00 bits per heavy atom. The molecule has 1 fully saturated rings. The number of amides is 1. The molecule has 0 radical (unpaired) electrons. The molecule has 0 atom stereocenters. The Bertz CT molecular complexity index is 500. The van der Waals surface area contributed by atoms with Gasteiger partial charge in [0.1, 0.15) is 11.6 Å². The lowest BCUT2D eigenvalue weighted by molar-refractivity contribution is 0.0145. The molecule has 0 aliphatic carbocycles. The Hall–Kier alpha value is -1.69. The predicted octanol–water partition coefficient (Wildman–Crippen LogP) is 2.19. The lowest BCUT2D eigenvalue weighted by Crippen LogP contribution is -2.41. The first-order chi connectivity index (χ1) is 9.52. The monoisotopic (exact) mass is 284 g/mol. The van der Waals surface area contributed by atoms with Gasteiger partial charge in [0.25, 0.3) is 5.91 Å². The second-order valence-electron chi connectivity index (χ2n) is 4.80. The van der Waals surface area contributed by atoms with Crippen molar-refractivity contribution in [2.45, 2.75) is 25.9 Å². The van der Waals surface area contributed by atoms with Gasteiger partial charge in [-0.1, -0.05) is 0 Å². The molecule has 2 rings (SSSR count). The minimum absolute atomic E-state index is 0.146. The zero-order chi connectivity index (χ0) is 14.7. The molecule has 1 heterocycles. The Kier molecular flexibility index (Phi) is 4.54. The highest BCUT2D eigenvalue weighted by Crippen LogP contribution is 2.21. The van der Waals surface area contributed by atoms with Crippen LogP contribution in [0, 0.1) is 11.6 Å². The maximum absolute atomic E-state index is 13.7. The first-order valence-electron chi connectivity index (χ1n) is 6.68. The summed E-state index contributed by atoms with van der Waals surface area (Å²) in [5, 5.41) is 0. The minimum atomic E-state index is -0.881. The summed E-state index contributed by atoms with van der Waals surface area (Å²) in [6.07, 6.45) is 1.59. The van der Waals surface area contributed by atoms with Gasteiger partial charge < -0.3 is 15.4 Å². The van der Waals surface area contributed by atoms with Crippen LogP contribution in [0.1, 0.15) is 30.1 Å². The normalized spacial score (nSPS) is 16.4. The molecule has 6 heteroatoms. The van der Waals surface area contributed by atoms with Crippen LogP contribution in [0.5, 0.6) is 0 Å². The quantitative estimate of drug-likeness (QED) is 0.866. The van der Waals surface area contributed by atoms with Gasteiger partial charge in [-0.25, -0.2) is 8.78 Å².